The van der Waals surface area contributed by atoms with Crippen molar-refractivity contribution in [2.24, 2.45) is 0 Å². The lowest BCUT2D eigenvalue weighted by atomic mass is 10.1. The minimum absolute atomic E-state index is 0.123. The second-order valence-corrected chi connectivity index (χ2v) is 8.26. The summed E-state index contributed by atoms with van der Waals surface area (Å²) in [5.74, 6) is -1.30. The van der Waals surface area contributed by atoms with Crippen LogP contribution in [0.5, 0.6) is 0 Å². The third-order valence-corrected chi connectivity index (χ3v) is 6.05. The van der Waals surface area contributed by atoms with E-state index in [4.69, 9.17) is 0 Å². The Bertz CT molecular complexity index is 1180. The van der Waals surface area contributed by atoms with E-state index in [1.165, 1.54) is 0 Å². The number of hydrogen-bond donors (Lipinski definition) is 1. The van der Waals surface area contributed by atoms with Crippen LogP contribution in [0.3, 0.4) is 0 Å². The average Bonchev–Trinajstić information content (AvgIpc) is 3.21. The summed E-state index contributed by atoms with van der Waals surface area (Å²) in [5, 5.41) is 1.45. The number of aromatic amines is 1. The summed E-state index contributed by atoms with van der Waals surface area (Å²) in [6.07, 6.45) is 0.0157. The first-order valence-corrected chi connectivity index (χ1v) is 9.59. The van der Waals surface area contributed by atoms with Crippen LogP contribution in [0, 0.1) is 6.92 Å². The molecule has 0 aliphatic carbocycles. The zero-order valence-corrected chi connectivity index (χ0v) is 14.9. The van der Waals surface area contributed by atoms with Crippen molar-refractivity contribution in [2.45, 2.75) is 13.1 Å². The molecule has 0 saturated carbocycles. The molecule has 7 nitrogen and oxygen atoms in total. The van der Waals surface area contributed by atoms with Gasteiger partial charge in [0.05, 0.1) is 17.4 Å². The fraction of sp³-hybridized carbons (Fsp3) is 0.312. The van der Waals surface area contributed by atoms with Gasteiger partial charge < -0.3 is 4.98 Å². The SMILES string of the molecule is Cc1nc(C2=CCN(S(=O)(=O)CC(F)(F)F)C2)c2c(cnc3nccc32)[nH]1. The van der Waals surface area contributed by atoms with Crippen molar-refractivity contribution in [3.05, 3.63) is 36.1 Å². The molecule has 0 saturated heterocycles. The van der Waals surface area contributed by atoms with Gasteiger partial charge in [0.1, 0.15) is 5.82 Å². The number of fused-ring (bicyclic) bond motifs is 3. The van der Waals surface area contributed by atoms with Gasteiger partial charge in [-0.25, -0.2) is 23.4 Å². The first-order valence-electron chi connectivity index (χ1n) is 7.98. The summed E-state index contributed by atoms with van der Waals surface area (Å²) in [6, 6.07) is 1.77. The van der Waals surface area contributed by atoms with Gasteiger partial charge >= 0.3 is 6.18 Å². The van der Waals surface area contributed by atoms with Gasteiger partial charge in [0.15, 0.2) is 11.4 Å². The van der Waals surface area contributed by atoms with E-state index in [1.54, 1.807) is 31.5 Å². The lowest BCUT2D eigenvalue weighted by molar-refractivity contribution is -0.106. The van der Waals surface area contributed by atoms with Crippen molar-refractivity contribution >= 4 is 37.5 Å². The zero-order valence-electron chi connectivity index (χ0n) is 14.1. The van der Waals surface area contributed by atoms with Crippen molar-refractivity contribution in [1.82, 2.24) is 24.2 Å². The molecule has 4 rings (SSSR count). The molecule has 142 valence electrons. The summed E-state index contributed by atoms with van der Waals surface area (Å²) < 4.78 is 62.6. The highest BCUT2D eigenvalue weighted by atomic mass is 32.2. The van der Waals surface area contributed by atoms with E-state index in [9.17, 15) is 21.6 Å². The maximum atomic E-state index is 12.6. The highest BCUT2D eigenvalue weighted by Gasteiger charge is 2.39. The third-order valence-electron chi connectivity index (χ3n) is 4.30. The number of halogens is 3. The molecule has 27 heavy (non-hydrogen) atoms. The number of nitrogens with zero attached hydrogens (tertiary/aromatic N) is 4. The highest BCUT2D eigenvalue weighted by molar-refractivity contribution is 7.89. The van der Waals surface area contributed by atoms with Crippen molar-refractivity contribution in [3.63, 3.8) is 0 Å². The van der Waals surface area contributed by atoms with E-state index >= 15 is 0 Å². The molecule has 0 aromatic carbocycles. The molecule has 0 bridgehead atoms. The molecule has 0 radical (unpaired) electrons. The molecular formula is C16H14F3N5O2S. The van der Waals surface area contributed by atoms with Crippen molar-refractivity contribution < 1.29 is 21.6 Å². The first kappa shape index (κ1) is 17.9. The van der Waals surface area contributed by atoms with E-state index in [1.807, 2.05) is 0 Å². The van der Waals surface area contributed by atoms with Crippen LogP contribution in [0.2, 0.25) is 0 Å². The van der Waals surface area contributed by atoms with Gasteiger partial charge in [-0.3, -0.25) is 0 Å². The summed E-state index contributed by atoms with van der Waals surface area (Å²) in [5.41, 5.74) is 2.28. The molecule has 3 aromatic heterocycles. The minimum atomic E-state index is -4.79. The Labute approximate surface area is 152 Å². The van der Waals surface area contributed by atoms with Crippen molar-refractivity contribution in [2.75, 3.05) is 18.8 Å². The molecule has 1 aliphatic rings. The molecule has 0 fully saturated rings. The number of hydrogen-bond acceptors (Lipinski definition) is 5. The first-order chi connectivity index (χ1) is 12.6. The number of sulfonamides is 1. The fourth-order valence-corrected chi connectivity index (χ4v) is 4.43. The lowest BCUT2D eigenvalue weighted by Gasteiger charge is -2.18. The minimum Gasteiger partial charge on any atom is -0.342 e. The van der Waals surface area contributed by atoms with Crippen LogP contribution in [0.1, 0.15) is 11.5 Å². The summed E-state index contributed by atoms with van der Waals surface area (Å²) in [4.78, 5) is 16.0. The standard InChI is InChI=1S/C16H14F3N5O2S/c1-9-22-12-6-21-15-11(2-4-20-15)13(12)14(23-9)10-3-5-24(7-10)27(25,26)8-16(17,18)19/h2-4,6H,5,7-8H2,1H3,(H,22,23). The van der Waals surface area contributed by atoms with Crippen LogP contribution in [0.15, 0.2) is 24.5 Å². The molecule has 3 aromatic rings. The van der Waals surface area contributed by atoms with Crippen LogP contribution < -0.4 is 0 Å². The van der Waals surface area contributed by atoms with Crippen LogP contribution >= 0.6 is 0 Å². The van der Waals surface area contributed by atoms with Gasteiger partial charge in [-0.15, -0.1) is 0 Å². The van der Waals surface area contributed by atoms with Crippen LogP contribution in [0.4, 0.5) is 13.2 Å². The predicted molar refractivity (Wildman–Crippen MR) is 93.3 cm³/mol. The molecule has 0 atom stereocenters. The number of pyridine rings is 1. The molecule has 11 heteroatoms. The van der Waals surface area contributed by atoms with Gasteiger partial charge in [-0.2, -0.15) is 17.5 Å². The van der Waals surface area contributed by atoms with Gasteiger partial charge in [0, 0.05) is 30.1 Å². The molecule has 0 amide bonds. The van der Waals surface area contributed by atoms with Crippen LogP contribution in [0.25, 0.3) is 27.5 Å². The van der Waals surface area contributed by atoms with E-state index in [0.29, 0.717) is 33.6 Å². The Morgan fingerprint density at radius 3 is 2.81 bits per heavy atom. The maximum absolute atomic E-state index is 12.6. The van der Waals surface area contributed by atoms with E-state index in [-0.39, 0.29) is 13.1 Å². The van der Waals surface area contributed by atoms with Crippen molar-refractivity contribution in [3.8, 4) is 0 Å². The van der Waals surface area contributed by atoms with Crippen LogP contribution in [-0.4, -0.2) is 57.7 Å². The number of nitrogens with one attached hydrogen (secondary N) is 1. The largest absolute Gasteiger partial charge is 0.404 e. The zero-order chi connectivity index (χ0) is 19.4. The second kappa shape index (κ2) is 5.99. The average molecular weight is 397 g/mol. The van der Waals surface area contributed by atoms with E-state index < -0.39 is 22.0 Å². The van der Waals surface area contributed by atoms with E-state index in [2.05, 4.69) is 19.9 Å². The molecule has 1 N–H and O–H groups in total. The molecule has 4 heterocycles. The normalized spacial score (nSPS) is 16.4. The lowest BCUT2D eigenvalue weighted by Crippen LogP contribution is -2.36. The monoisotopic (exact) mass is 397 g/mol. The van der Waals surface area contributed by atoms with Crippen molar-refractivity contribution in [1.29, 1.82) is 0 Å². The highest BCUT2D eigenvalue weighted by Crippen LogP contribution is 2.32. The Kier molecular flexibility index (Phi) is 3.96. The Hall–Kier alpha value is -2.53. The maximum Gasteiger partial charge on any atom is 0.404 e. The Morgan fingerprint density at radius 2 is 2.07 bits per heavy atom. The number of rotatable bonds is 3. The van der Waals surface area contributed by atoms with Gasteiger partial charge in [-0.1, -0.05) is 6.08 Å². The molecule has 1 aliphatic heterocycles. The topological polar surface area (TPSA) is 91.8 Å². The second-order valence-electron chi connectivity index (χ2n) is 6.29. The summed E-state index contributed by atoms with van der Waals surface area (Å²) >= 11 is 0. The molecule has 0 unspecified atom stereocenters. The quantitative estimate of drug-likeness (QED) is 0.733. The Morgan fingerprint density at radius 1 is 1.30 bits per heavy atom. The molecular weight excluding hydrogens is 383 g/mol. The van der Waals surface area contributed by atoms with Gasteiger partial charge in [-0.05, 0) is 18.6 Å². The number of H-pyrrole nitrogens is 1. The predicted octanol–water partition coefficient (Wildman–Crippen LogP) is 2.41. The summed E-state index contributed by atoms with van der Waals surface area (Å²) in [7, 11) is -4.46. The van der Waals surface area contributed by atoms with Gasteiger partial charge in [0.2, 0.25) is 10.0 Å². The fourth-order valence-electron chi connectivity index (χ4n) is 3.20. The summed E-state index contributed by atoms with van der Waals surface area (Å²) in [6.45, 7) is 1.45. The molecule has 0 spiro atoms. The number of aromatic nitrogens is 4. The van der Waals surface area contributed by atoms with Crippen LogP contribution in [-0.2, 0) is 10.0 Å². The number of alkyl halides is 3. The van der Waals surface area contributed by atoms with Gasteiger partial charge in [0.25, 0.3) is 0 Å². The smallest absolute Gasteiger partial charge is 0.342 e. The number of aryl methyl sites for hydroxylation is 1. The van der Waals surface area contributed by atoms with E-state index in [0.717, 1.165) is 9.69 Å². The third kappa shape index (κ3) is 3.28. The Balaban J connectivity index is 1.77.